The number of likely N-dealkylation sites (tertiary alicyclic amines) is 1. The summed E-state index contributed by atoms with van der Waals surface area (Å²) in [5.41, 5.74) is 3.70. The number of hydrogen-bond donors (Lipinski definition) is 0. The first kappa shape index (κ1) is 16.8. The molecule has 1 aliphatic heterocycles. The third-order valence-corrected chi connectivity index (χ3v) is 4.41. The lowest BCUT2D eigenvalue weighted by molar-refractivity contribution is 0.0747. The van der Waals surface area contributed by atoms with Gasteiger partial charge in [-0.3, -0.25) is 0 Å². The first-order valence-corrected chi connectivity index (χ1v) is 8.29. The monoisotopic (exact) mass is 332 g/mol. The highest BCUT2D eigenvalue weighted by Crippen LogP contribution is 2.34. The van der Waals surface area contributed by atoms with E-state index in [2.05, 4.69) is 11.4 Å². The number of nitrogens with zero attached hydrogens (tertiary/aromatic N) is 2. The van der Waals surface area contributed by atoms with Gasteiger partial charge in [-0.15, -0.1) is 0 Å². The Labute approximate surface area is 148 Å². The standard InChI is InChI=1S/C21H20N2O2/c1-16-12-13-23(21(24)25-15-17-6-4-3-5-7-17)20(14-16)18-8-10-19(22-2)11-9-18/h3-11,20H,1,12-15H2. The van der Waals surface area contributed by atoms with E-state index in [1.54, 1.807) is 17.0 Å². The zero-order chi connectivity index (χ0) is 17.6. The molecule has 126 valence electrons. The molecule has 1 unspecified atom stereocenters. The van der Waals surface area contributed by atoms with Gasteiger partial charge in [0.25, 0.3) is 0 Å². The predicted molar refractivity (Wildman–Crippen MR) is 97.2 cm³/mol. The zero-order valence-corrected chi connectivity index (χ0v) is 14.0. The van der Waals surface area contributed by atoms with E-state index < -0.39 is 0 Å². The second-order valence-corrected chi connectivity index (χ2v) is 6.16. The Balaban J connectivity index is 1.73. The van der Waals surface area contributed by atoms with Gasteiger partial charge < -0.3 is 9.64 Å². The van der Waals surface area contributed by atoms with Crippen molar-refractivity contribution in [1.29, 1.82) is 0 Å². The number of amides is 1. The average molecular weight is 332 g/mol. The number of carbonyl (C=O) groups is 1. The molecular formula is C21H20N2O2. The van der Waals surface area contributed by atoms with E-state index in [0.717, 1.165) is 29.5 Å². The molecule has 1 aliphatic rings. The molecule has 25 heavy (non-hydrogen) atoms. The van der Waals surface area contributed by atoms with Crippen LogP contribution in [-0.4, -0.2) is 17.5 Å². The van der Waals surface area contributed by atoms with Crippen molar-refractivity contribution in [3.8, 4) is 0 Å². The van der Waals surface area contributed by atoms with Crippen molar-refractivity contribution in [3.63, 3.8) is 0 Å². The molecule has 0 spiro atoms. The highest BCUT2D eigenvalue weighted by atomic mass is 16.6. The summed E-state index contributed by atoms with van der Waals surface area (Å²) in [6, 6.07) is 17.0. The zero-order valence-electron chi connectivity index (χ0n) is 14.0. The fourth-order valence-corrected chi connectivity index (χ4v) is 3.01. The van der Waals surface area contributed by atoms with Gasteiger partial charge in [0.1, 0.15) is 6.61 Å². The number of hydrogen-bond acceptors (Lipinski definition) is 2. The van der Waals surface area contributed by atoms with Crippen molar-refractivity contribution in [1.82, 2.24) is 4.90 Å². The Morgan fingerprint density at radius 1 is 1.20 bits per heavy atom. The van der Waals surface area contributed by atoms with E-state index in [0.29, 0.717) is 12.2 Å². The van der Waals surface area contributed by atoms with Crippen LogP contribution < -0.4 is 0 Å². The lowest BCUT2D eigenvalue weighted by atomic mass is 9.92. The van der Waals surface area contributed by atoms with Crippen LogP contribution in [0.2, 0.25) is 0 Å². The fraction of sp³-hybridized carbons (Fsp3) is 0.238. The minimum absolute atomic E-state index is 0.0932. The normalized spacial score (nSPS) is 17.0. The van der Waals surface area contributed by atoms with Crippen LogP contribution in [0.3, 0.4) is 0 Å². The molecule has 2 aromatic rings. The molecule has 0 aliphatic carbocycles. The summed E-state index contributed by atoms with van der Waals surface area (Å²) in [5.74, 6) is 0. The molecule has 4 nitrogen and oxygen atoms in total. The van der Waals surface area contributed by atoms with Gasteiger partial charge in [-0.25, -0.2) is 9.64 Å². The van der Waals surface area contributed by atoms with Crippen LogP contribution in [0, 0.1) is 6.57 Å². The molecule has 1 fully saturated rings. The lowest BCUT2D eigenvalue weighted by Gasteiger charge is -2.36. The second kappa shape index (κ2) is 7.67. The van der Waals surface area contributed by atoms with Gasteiger partial charge >= 0.3 is 6.09 Å². The van der Waals surface area contributed by atoms with Crippen molar-refractivity contribution in [2.45, 2.75) is 25.5 Å². The largest absolute Gasteiger partial charge is 0.445 e. The maximum Gasteiger partial charge on any atom is 0.410 e. The van der Waals surface area contributed by atoms with E-state index in [1.165, 1.54) is 0 Å². The van der Waals surface area contributed by atoms with E-state index in [9.17, 15) is 4.79 Å². The summed E-state index contributed by atoms with van der Waals surface area (Å²) < 4.78 is 5.51. The van der Waals surface area contributed by atoms with Crippen LogP contribution in [0.15, 0.2) is 66.7 Å². The van der Waals surface area contributed by atoms with Gasteiger partial charge in [-0.1, -0.05) is 66.7 Å². The van der Waals surface area contributed by atoms with E-state index in [1.807, 2.05) is 42.5 Å². The van der Waals surface area contributed by atoms with E-state index >= 15 is 0 Å². The van der Waals surface area contributed by atoms with Crippen LogP contribution in [0.25, 0.3) is 4.85 Å². The van der Waals surface area contributed by atoms with Crippen molar-refractivity contribution >= 4 is 11.8 Å². The van der Waals surface area contributed by atoms with Crippen LogP contribution in [0.4, 0.5) is 10.5 Å². The molecule has 0 N–H and O–H groups in total. The summed E-state index contributed by atoms with van der Waals surface area (Å²) in [6.07, 6.45) is 1.20. The predicted octanol–water partition coefficient (Wildman–Crippen LogP) is 5.27. The molecule has 3 rings (SSSR count). The lowest BCUT2D eigenvalue weighted by Crippen LogP contribution is -2.39. The Morgan fingerprint density at radius 2 is 1.92 bits per heavy atom. The molecule has 1 atom stereocenters. The quantitative estimate of drug-likeness (QED) is 0.567. The van der Waals surface area contributed by atoms with Gasteiger partial charge in [-0.2, -0.15) is 0 Å². The average Bonchev–Trinajstić information content (AvgIpc) is 2.67. The van der Waals surface area contributed by atoms with Gasteiger partial charge in [0.15, 0.2) is 5.69 Å². The highest BCUT2D eigenvalue weighted by molar-refractivity contribution is 5.69. The summed E-state index contributed by atoms with van der Waals surface area (Å²) in [7, 11) is 0. The maximum absolute atomic E-state index is 12.6. The molecular weight excluding hydrogens is 312 g/mol. The van der Waals surface area contributed by atoms with Crippen molar-refractivity contribution in [2.75, 3.05) is 6.54 Å². The summed E-state index contributed by atoms with van der Waals surface area (Å²) in [6.45, 7) is 12.0. The molecule has 2 aromatic carbocycles. The minimum Gasteiger partial charge on any atom is -0.445 e. The molecule has 0 radical (unpaired) electrons. The smallest absolute Gasteiger partial charge is 0.410 e. The minimum atomic E-state index is -0.310. The summed E-state index contributed by atoms with van der Waals surface area (Å²) in [4.78, 5) is 17.8. The first-order valence-electron chi connectivity index (χ1n) is 8.29. The Kier molecular flexibility index (Phi) is 5.15. The number of ether oxygens (including phenoxy) is 1. The summed E-state index contributed by atoms with van der Waals surface area (Å²) >= 11 is 0. The van der Waals surface area contributed by atoms with Crippen LogP contribution in [0.5, 0.6) is 0 Å². The number of benzene rings is 2. The Morgan fingerprint density at radius 3 is 2.60 bits per heavy atom. The van der Waals surface area contributed by atoms with Gasteiger partial charge in [-0.05, 0) is 24.0 Å². The van der Waals surface area contributed by atoms with Crippen LogP contribution in [-0.2, 0) is 11.3 Å². The molecule has 1 amide bonds. The highest BCUT2D eigenvalue weighted by Gasteiger charge is 2.30. The van der Waals surface area contributed by atoms with E-state index in [4.69, 9.17) is 11.3 Å². The molecule has 0 bridgehead atoms. The number of rotatable bonds is 3. The Hall–Kier alpha value is -3.06. The Bertz CT molecular complexity index is 791. The summed E-state index contributed by atoms with van der Waals surface area (Å²) in [5, 5.41) is 0. The molecule has 0 saturated carbocycles. The van der Waals surface area contributed by atoms with Crippen molar-refractivity contribution < 1.29 is 9.53 Å². The van der Waals surface area contributed by atoms with Gasteiger partial charge in [0.05, 0.1) is 12.6 Å². The van der Waals surface area contributed by atoms with Crippen LogP contribution >= 0.6 is 0 Å². The number of piperidine rings is 1. The third-order valence-electron chi connectivity index (χ3n) is 4.41. The molecule has 0 aromatic heterocycles. The van der Waals surface area contributed by atoms with Crippen LogP contribution in [0.1, 0.15) is 30.0 Å². The topological polar surface area (TPSA) is 33.9 Å². The molecule has 1 heterocycles. The third kappa shape index (κ3) is 4.07. The fourth-order valence-electron chi connectivity index (χ4n) is 3.01. The SMILES string of the molecule is [C-]#[N+]c1ccc(C2CC(=C)CCN2C(=O)OCc2ccccc2)cc1. The van der Waals surface area contributed by atoms with Crippen molar-refractivity contribution in [2.24, 2.45) is 0 Å². The molecule has 4 heteroatoms. The number of carbonyl (C=O) groups excluding carboxylic acids is 1. The molecule has 1 saturated heterocycles. The maximum atomic E-state index is 12.6. The first-order chi connectivity index (χ1) is 12.2. The second-order valence-electron chi connectivity index (χ2n) is 6.16. The van der Waals surface area contributed by atoms with Gasteiger partial charge in [0, 0.05) is 6.54 Å². The van der Waals surface area contributed by atoms with Crippen molar-refractivity contribution in [3.05, 3.63) is 89.3 Å². The van der Waals surface area contributed by atoms with E-state index in [-0.39, 0.29) is 18.7 Å². The van der Waals surface area contributed by atoms with Gasteiger partial charge in [0.2, 0.25) is 0 Å².